The van der Waals surface area contributed by atoms with Gasteiger partial charge in [0, 0.05) is 12.1 Å². The van der Waals surface area contributed by atoms with Crippen molar-refractivity contribution in [3.63, 3.8) is 0 Å². The van der Waals surface area contributed by atoms with Crippen LogP contribution in [0.3, 0.4) is 0 Å². The number of hydrogen-bond acceptors (Lipinski definition) is 4. The van der Waals surface area contributed by atoms with Crippen molar-refractivity contribution in [3.05, 3.63) is 0 Å². The number of aliphatic carboxylic acids is 1. The van der Waals surface area contributed by atoms with Crippen molar-refractivity contribution in [3.8, 4) is 0 Å². The van der Waals surface area contributed by atoms with Gasteiger partial charge in [0.1, 0.15) is 6.04 Å². The van der Waals surface area contributed by atoms with E-state index in [9.17, 15) is 14.4 Å². The molecule has 0 heterocycles. The lowest BCUT2D eigenvalue weighted by atomic mass is 9.91. The normalized spacial score (nSPS) is 24.3. The highest BCUT2D eigenvalue weighted by Gasteiger charge is 2.26. The quantitative estimate of drug-likeness (QED) is 0.430. The molecule has 0 aromatic heterocycles. The molecule has 19 heavy (non-hydrogen) atoms. The first-order chi connectivity index (χ1) is 8.90. The summed E-state index contributed by atoms with van der Waals surface area (Å²) in [6.07, 6.45) is 3.15. The zero-order valence-corrected chi connectivity index (χ0v) is 10.6. The molecule has 1 aliphatic carbocycles. The number of primary amides is 1. The fraction of sp³-hybridized carbons (Fsp3) is 0.727. The second-order valence-electron chi connectivity index (χ2n) is 4.73. The maximum absolute atomic E-state index is 11.7. The van der Waals surface area contributed by atoms with Crippen molar-refractivity contribution in [2.75, 3.05) is 0 Å². The Hall–Kier alpha value is -1.83. The molecule has 7 N–H and O–H groups in total. The summed E-state index contributed by atoms with van der Waals surface area (Å²) < 4.78 is 0. The van der Waals surface area contributed by atoms with Crippen molar-refractivity contribution in [2.24, 2.45) is 11.5 Å². The predicted molar refractivity (Wildman–Crippen MR) is 67.1 cm³/mol. The number of nitrogens with two attached hydrogens (primary N) is 2. The molecule has 8 nitrogen and oxygen atoms in total. The fourth-order valence-corrected chi connectivity index (χ4v) is 2.11. The molecule has 3 amide bonds. The number of amides is 3. The zero-order chi connectivity index (χ0) is 14.4. The summed E-state index contributed by atoms with van der Waals surface area (Å²) in [7, 11) is 0. The summed E-state index contributed by atoms with van der Waals surface area (Å²) in [5.74, 6) is -2.09. The highest BCUT2D eigenvalue weighted by atomic mass is 16.4. The summed E-state index contributed by atoms with van der Waals surface area (Å²) in [6.45, 7) is 0. The van der Waals surface area contributed by atoms with Crippen LogP contribution in [0.5, 0.6) is 0 Å². The molecule has 0 bridgehead atoms. The monoisotopic (exact) mass is 272 g/mol. The van der Waals surface area contributed by atoms with E-state index in [0.717, 1.165) is 25.7 Å². The molecule has 0 saturated heterocycles. The number of carbonyl (C=O) groups excluding carboxylic acids is 2. The number of urea groups is 1. The Bertz CT molecular complexity index is 361. The molecule has 2 unspecified atom stereocenters. The zero-order valence-electron chi connectivity index (χ0n) is 10.6. The van der Waals surface area contributed by atoms with Crippen LogP contribution in [0.2, 0.25) is 0 Å². The average molecular weight is 272 g/mol. The molecule has 0 aromatic carbocycles. The summed E-state index contributed by atoms with van der Waals surface area (Å²) in [5, 5.41) is 13.7. The summed E-state index contributed by atoms with van der Waals surface area (Å²) in [6, 6.07) is -2.26. The average Bonchev–Trinajstić information content (AvgIpc) is 2.30. The summed E-state index contributed by atoms with van der Waals surface area (Å²) in [5.41, 5.74) is 10.8. The molecule has 8 heteroatoms. The number of nitrogens with one attached hydrogen (secondary N) is 2. The number of hydrogen-bond donors (Lipinski definition) is 5. The Balaban J connectivity index is 2.47. The van der Waals surface area contributed by atoms with Crippen molar-refractivity contribution in [1.29, 1.82) is 0 Å². The van der Waals surface area contributed by atoms with Gasteiger partial charge in [-0.25, -0.2) is 9.59 Å². The Labute approximate surface area is 110 Å². The van der Waals surface area contributed by atoms with Gasteiger partial charge >= 0.3 is 12.0 Å². The van der Waals surface area contributed by atoms with E-state index in [1.807, 2.05) is 0 Å². The van der Waals surface area contributed by atoms with Gasteiger partial charge in [0.2, 0.25) is 5.91 Å². The fourth-order valence-electron chi connectivity index (χ4n) is 2.11. The molecule has 0 aliphatic heterocycles. The number of carboxylic acid groups (broad SMARTS) is 1. The van der Waals surface area contributed by atoms with Crippen LogP contribution in [0.15, 0.2) is 0 Å². The smallest absolute Gasteiger partial charge is 0.326 e. The summed E-state index contributed by atoms with van der Waals surface area (Å²) in [4.78, 5) is 33.2. The third-order valence-corrected chi connectivity index (χ3v) is 3.14. The standard InChI is InChI=1S/C11H20N4O4/c12-6-3-1-2-4-7(6)14-11(19)15-8(10(17)18)5-9(13)16/h6-8H,1-5,12H2,(H2,13,16)(H,17,18)(H2,14,15,19)/t6?,7?,8-/m0/s1. The Morgan fingerprint density at radius 1 is 1.26 bits per heavy atom. The molecule has 1 fully saturated rings. The van der Waals surface area contributed by atoms with E-state index in [4.69, 9.17) is 16.6 Å². The minimum atomic E-state index is -1.32. The lowest BCUT2D eigenvalue weighted by Crippen LogP contribution is -2.55. The van der Waals surface area contributed by atoms with Crippen molar-refractivity contribution in [1.82, 2.24) is 10.6 Å². The van der Waals surface area contributed by atoms with E-state index in [-0.39, 0.29) is 12.1 Å². The third-order valence-electron chi connectivity index (χ3n) is 3.14. The minimum Gasteiger partial charge on any atom is -0.480 e. The Morgan fingerprint density at radius 3 is 2.42 bits per heavy atom. The van der Waals surface area contributed by atoms with Gasteiger partial charge in [-0.3, -0.25) is 4.79 Å². The topological polar surface area (TPSA) is 148 Å². The molecule has 108 valence electrons. The van der Waals surface area contributed by atoms with Crippen LogP contribution in [-0.2, 0) is 9.59 Å². The van der Waals surface area contributed by atoms with Crippen molar-refractivity contribution >= 4 is 17.9 Å². The first-order valence-electron chi connectivity index (χ1n) is 6.24. The Kier molecular flexibility index (Phi) is 5.56. The van der Waals surface area contributed by atoms with E-state index in [2.05, 4.69) is 10.6 Å². The SMILES string of the molecule is NC(=O)C[C@H](NC(=O)NC1CCCCC1N)C(=O)O. The van der Waals surface area contributed by atoms with E-state index in [0.29, 0.717) is 0 Å². The molecule has 3 atom stereocenters. The second kappa shape index (κ2) is 6.93. The maximum atomic E-state index is 11.7. The molecule has 1 aliphatic rings. The Morgan fingerprint density at radius 2 is 1.89 bits per heavy atom. The van der Waals surface area contributed by atoms with Crippen LogP contribution >= 0.6 is 0 Å². The lowest BCUT2D eigenvalue weighted by molar-refractivity contribution is -0.140. The molecule has 1 saturated carbocycles. The molecule has 0 radical (unpaired) electrons. The molecule has 0 aromatic rings. The van der Waals surface area contributed by atoms with Crippen molar-refractivity contribution < 1.29 is 19.5 Å². The first kappa shape index (κ1) is 15.2. The number of rotatable bonds is 5. The van der Waals surface area contributed by atoms with Gasteiger partial charge < -0.3 is 27.2 Å². The van der Waals surface area contributed by atoms with Gasteiger partial charge in [-0.2, -0.15) is 0 Å². The summed E-state index contributed by atoms with van der Waals surface area (Å²) >= 11 is 0. The van der Waals surface area contributed by atoms with Crippen LogP contribution in [0.4, 0.5) is 4.79 Å². The molecule has 1 rings (SSSR count). The van der Waals surface area contributed by atoms with Gasteiger partial charge in [0.15, 0.2) is 0 Å². The number of carbonyl (C=O) groups is 3. The number of carboxylic acids is 1. The van der Waals surface area contributed by atoms with Gasteiger partial charge in [-0.1, -0.05) is 12.8 Å². The van der Waals surface area contributed by atoms with E-state index >= 15 is 0 Å². The highest BCUT2D eigenvalue weighted by Crippen LogP contribution is 2.16. The van der Waals surface area contributed by atoms with Crippen LogP contribution in [0, 0.1) is 0 Å². The first-order valence-corrected chi connectivity index (χ1v) is 6.24. The van der Waals surface area contributed by atoms with Crippen LogP contribution in [-0.4, -0.2) is 41.1 Å². The minimum absolute atomic E-state index is 0.126. The molecular formula is C11H20N4O4. The molecule has 0 spiro atoms. The van der Waals surface area contributed by atoms with Crippen LogP contribution in [0.25, 0.3) is 0 Å². The van der Waals surface area contributed by atoms with Gasteiger partial charge in [-0.15, -0.1) is 0 Å². The van der Waals surface area contributed by atoms with Gasteiger partial charge in [0.25, 0.3) is 0 Å². The second-order valence-corrected chi connectivity index (χ2v) is 4.73. The van der Waals surface area contributed by atoms with E-state index in [1.165, 1.54) is 0 Å². The third kappa shape index (κ3) is 5.12. The van der Waals surface area contributed by atoms with Gasteiger partial charge in [-0.05, 0) is 12.8 Å². The molecular weight excluding hydrogens is 252 g/mol. The van der Waals surface area contributed by atoms with Crippen molar-refractivity contribution in [2.45, 2.75) is 50.2 Å². The highest BCUT2D eigenvalue weighted by molar-refractivity contribution is 5.87. The van der Waals surface area contributed by atoms with Gasteiger partial charge in [0.05, 0.1) is 6.42 Å². The van der Waals surface area contributed by atoms with Crippen LogP contribution < -0.4 is 22.1 Å². The van der Waals surface area contributed by atoms with E-state index in [1.54, 1.807) is 0 Å². The predicted octanol–water partition coefficient (Wildman–Crippen LogP) is -1.12. The van der Waals surface area contributed by atoms with Crippen LogP contribution in [0.1, 0.15) is 32.1 Å². The lowest BCUT2D eigenvalue weighted by Gasteiger charge is -2.29. The largest absolute Gasteiger partial charge is 0.480 e. The van der Waals surface area contributed by atoms with E-state index < -0.39 is 30.4 Å². The maximum Gasteiger partial charge on any atom is 0.326 e.